The molecule has 2 N–H and O–H groups in total. The molecule has 25 heavy (non-hydrogen) atoms. The molecule has 0 bridgehead atoms. The molecule has 0 spiro atoms. The number of aromatic nitrogens is 1. The molecule has 1 unspecified atom stereocenters. The van der Waals surface area contributed by atoms with Crippen molar-refractivity contribution in [1.29, 1.82) is 0 Å². The van der Waals surface area contributed by atoms with E-state index in [9.17, 15) is 4.79 Å². The number of carbonyl (C=O) groups excluding carboxylic acids is 1. The lowest BCUT2D eigenvalue weighted by Gasteiger charge is -2.22. The van der Waals surface area contributed by atoms with Crippen molar-refractivity contribution in [3.63, 3.8) is 0 Å². The molecule has 1 aliphatic rings. The molecule has 1 aromatic heterocycles. The van der Waals surface area contributed by atoms with Gasteiger partial charge >= 0.3 is 0 Å². The molecule has 5 nitrogen and oxygen atoms in total. The molecule has 3 rings (SSSR count). The van der Waals surface area contributed by atoms with Gasteiger partial charge in [0, 0.05) is 30.0 Å². The lowest BCUT2D eigenvalue weighted by molar-refractivity contribution is -0.121. The Morgan fingerprint density at radius 3 is 2.96 bits per heavy atom. The minimum absolute atomic E-state index is 0.0509. The first-order chi connectivity index (χ1) is 12.2. The summed E-state index contributed by atoms with van der Waals surface area (Å²) >= 11 is 5.89. The summed E-state index contributed by atoms with van der Waals surface area (Å²) in [6, 6.07) is 7.40. The van der Waals surface area contributed by atoms with Gasteiger partial charge in [0.2, 0.25) is 5.91 Å². The van der Waals surface area contributed by atoms with Crippen LogP contribution in [-0.2, 0) is 11.2 Å². The highest BCUT2D eigenvalue weighted by molar-refractivity contribution is 6.30. The molecule has 1 aromatic carbocycles. The molecule has 1 atom stereocenters. The first-order valence-corrected chi connectivity index (χ1v) is 9.26. The van der Waals surface area contributed by atoms with E-state index in [-0.39, 0.29) is 5.91 Å². The summed E-state index contributed by atoms with van der Waals surface area (Å²) in [5, 5.41) is 7.08. The summed E-state index contributed by atoms with van der Waals surface area (Å²) in [6.45, 7) is 2.93. The zero-order chi connectivity index (χ0) is 17.5. The van der Waals surface area contributed by atoms with Crippen molar-refractivity contribution in [2.45, 2.75) is 32.1 Å². The van der Waals surface area contributed by atoms with Gasteiger partial charge in [-0.05, 0) is 62.5 Å². The minimum Gasteiger partial charge on any atom is -0.441 e. The standard InChI is InChI=1S/C19H24ClN3O2/c20-16-5-3-15(4-6-16)17-13-23-19(25-17)8-7-18(24)22-11-9-14-2-1-10-21-12-14/h3-6,13-14,21H,1-2,7-12H2,(H,22,24). The van der Waals surface area contributed by atoms with E-state index >= 15 is 0 Å². The molecule has 1 fully saturated rings. The van der Waals surface area contributed by atoms with Gasteiger partial charge in [-0.1, -0.05) is 11.6 Å². The highest BCUT2D eigenvalue weighted by Gasteiger charge is 2.13. The predicted octanol–water partition coefficient (Wildman–Crippen LogP) is 3.43. The van der Waals surface area contributed by atoms with Crippen molar-refractivity contribution >= 4 is 17.5 Å². The molecule has 1 amide bonds. The number of rotatable bonds is 7. The first-order valence-electron chi connectivity index (χ1n) is 8.89. The molecule has 6 heteroatoms. The van der Waals surface area contributed by atoms with E-state index < -0.39 is 0 Å². The number of aryl methyl sites for hydroxylation is 1. The van der Waals surface area contributed by atoms with Gasteiger partial charge < -0.3 is 15.1 Å². The Labute approximate surface area is 153 Å². The maximum absolute atomic E-state index is 12.0. The van der Waals surface area contributed by atoms with Crippen LogP contribution in [0.15, 0.2) is 34.9 Å². The van der Waals surface area contributed by atoms with Crippen LogP contribution < -0.4 is 10.6 Å². The third-order valence-electron chi connectivity index (χ3n) is 4.52. The maximum atomic E-state index is 12.0. The minimum atomic E-state index is 0.0509. The van der Waals surface area contributed by atoms with Gasteiger partial charge in [-0.2, -0.15) is 0 Å². The fourth-order valence-corrected chi connectivity index (χ4v) is 3.19. The molecule has 0 aliphatic carbocycles. The van der Waals surface area contributed by atoms with E-state index in [1.165, 1.54) is 12.8 Å². The number of piperidine rings is 1. The SMILES string of the molecule is O=C(CCc1ncc(-c2ccc(Cl)cc2)o1)NCCC1CCCNC1. The van der Waals surface area contributed by atoms with Gasteiger partial charge in [-0.25, -0.2) is 4.98 Å². The molecule has 2 aromatic rings. The van der Waals surface area contributed by atoms with Crippen molar-refractivity contribution < 1.29 is 9.21 Å². The number of nitrogens with one attached hydrogen (secondary N) is 2. The van der Waals surface area contributed by atoms with Gasteiger partial charge in [0.05, 0.1) is 6.20 Å². The van der Waals surface area contributed by atoms with Crippen molar-refractivity contribution in [3.05, 3.63) is 41.4 Å². The number of benzene rings is 1. The molecule has 0 radical (unpaired) electrons. The normalized spacial score (nSPS) is 17.4. The highest BCUT2D eigenvalue weighted by Crippen LogP contribution is 2.22. The third-order valence-corrected chi connectivity index (χ3v) is 4.77. The second-order valence-electron chi connectivity index (χ2n) is 6.48. The number of carbonyl (C=O) groups is 1. The summed E-state index contributed by atoms with van der Waals surface area (Å²) in [4.78, 5) is 16.2. The fraction of sp³-hybridized carbons (Fsp3) is 0.474. The fourth-order valence-electron chi connectivity index (χ4n) is 3.07. The van der Waals surface area contributed by atoms with Gasteiger partial charge in [-0.3, -0.25) is 4.79 Å². The van der Waals surface area contributed by atoms with Crippen LogP contribution in [0.5, 0.6) is 0 Å². The van der Waals surface area contributed by atoms with Gasteiger partial charge in [0.25, 0.3) is 0 Å². The van der Waals surface area contributed by atoms with Crippen molar-refractivity contribution in [2.75, 3.05) is 19.6 Å². The summed E-state index contributed by atoms with van der Waals surface area (Å²) < 4.78 is 5.72. The lowest BCUT2D eigenvalue weighted by Crippen LogP contribution is -2.33. The van der Waals surface area contributed by atoms with Crippen LogP contribution in [0.25, 0.3) is 11.3 Å². The molecule has 1 aliphatic heterocycles. The summed E-state index contributed by atoms with van der Waals surface area (Å²) in [6.07, 6.45) is 6.12. The highest BCUT2D eigenvalue weighted by atomic mass is 35.5. The van der Waals surface area contributed by atoms with Crippen LogP contribution in [0, 0.1) is 5.92 Å². The number of amides is 1. The quantitative estimate of drug-likeness (QED) is 0.792. The Bertz CT molecular complexity index is 678. The van der Waals surface area contributed by atoms with Crippen molar-refractivity contribution in [2.24, 2.45) is 5.92 Å². The molecule has 2 heterocycles. The number of oxazole rings is 1. The number of halogens is 1. The maximum Gasteiger partial charge on any atom is 0.220 e. The van der Waals surface area contributed by atoms with Crippen LogP contribution in [-0.4, -0.2) is 30.5 Å². The van der Waals surface area contributed by atoms with E-state index in [1.54, 1.807) is 6.20 Å². The zero-order valence-corrected chi connectivity index (χ0v) is 15.0. The second kappa shape index (κ2) is 9.02. The summed E-state index contributed by atoms with van der Waals surface area (Å²) in [5.41, 5.74) is 0.925. The number of hydrogen-bond acceptors (Lipinski definition) is 4. The lowest BCUT2D eigenvalue weighted by atomic mass is 9.96. The van der Waals surface area contributed by atoms with Crippen LogP contribution >= 0.6 is 11.6 Å². The Morgan fingerprint density at radius 2 is 2.20 bits per heavy atom. The second-order valence-corrected chi connectivity index (χ2v) is 6.91. The van der Waals surface area contributed by atoms with E-state index in [1.807, 2.05) is 24.3 Å². The van der Waals surface area contributed by atoms with E-state index in [4.69, 9.17) is 16.0 Å². The molecular weight excluding hydrogens is 338 g/mol. The summed E-state index contributed by atoms with van der Waals surface area (Å²) in [7, 11) is 0. The van der Waals surface area contributed by atoms with Crippen LogP contribution in [0.3, 0.4) is 0 Å². The van der Waals surface area contributed by atoms with Crippen molar-refractivity contribution in [3.8, 4) is 11.3 Å². The third kappa shape index (κ3) is 5.58. The Balaban J connectivity index is 1.39. The first kappa shape index (κ1) is 18.0. The van der Waals surface area contributed by atoms with Crippen LogP contribution in [0.1, 0.15) is 31.6 Å². The average Bonchev–Trinajstić information content (AvgIpc) is 3.10. The molecule has 134 valence electrons. The number of hydrogen-bond donors (Lipinski definition) is 2. The Hall–Kier alpha value is -1.85. The Morgan fingerprint density at radius 1 is 1.36 bits per heavy atom. The number of nitrogens with zero attached hydrogens (tertiary/aromatic N) is 1. The molecule has 0 saturated carbocycles. The van der Waals surface area contributed by atoms with E-state index in [2.05, 4.69) is 15.6 Å². The largest absolute Gasteiger partial charge is 0.441 e. The average molecular weight is 362 g/mol. The van der Waals surface area contributed by atoms with Crippen LogP contribution in [0.4, 0.5) is 0 Å². The van der Waals surface area contributed by atoms with Crippen molar-refractivity contribution in [1.82, 2.24) is 15.6 Å². The van der Waals surface area contributed by atoms with Gasteiger partial charge in [0.15, 0.2) is 11.7 Å². The predicted molar refractivity (Wildman–Crippen MR) is 98.5 cm³/mol. The van der Waals surface area contributed by atoms with Gasteiger partial charge in [0.1, 0.15) is 0 Å². The monoisotopic (exact) mass is 361 g/mol. The summed E-state index contributed by atoms with van der Waals surface area (Å²) in [5.74, 6) is 2.01. The Kier molecular flexibility index (Phi) is 6.48. The van der Waals surface area contributed by atoms with Crippen LogP contribution in [0.2, 0.25) is 5.02 Å². The van der Waals surface area contributed by atoms with E-state index in [0.29, 0.717) is 35.4 Å². The zero-order valence-electron chi connectivity index (χ0n) is 14.3. The molecule has 1 saturated heterocycles. The van der Waals surface area contributed by atoms with Gasteiger partial charge in [-0.15, -0.1) is 0 Å². The van der Waals surface area contributed by atoms with E-state index in [0.717, 1.165) is 31.6 Å². The smallest absolute Gasteiger partial charge is 0.220 e. The molecular formula is C19H24ClN3O2. The topological polar surface area (TPSA) is 67.2 Å².